The van der Waals surface area contributed by atoms with Gasteiger partial charge in [-0.05, 0) is 30.3 Å². The fourth-order valence-corrected chi connectivity index (χ4v) is 3.19. The van der Waals surface area contributed by atoms with Crippen LogP contribution in [0.2, 0.25) is 0 Å². The van der Waals surface area contributed by atoms with Crippen LogP contribution in [0.1, 0.15) is 55.4 Å². The Bertz CT molecular complexity index is 493. The van der Waals surface area contributed by atoms with Crippen LogP contribution in [0, 0.1) is 16.7 Å². The third kappa shape index (κ3) is 8.01. The Morgan fingerprint density at radius 3 is 1.87 bits per heavy atom. The molecular formula is C21H35NO. The van der Waals surface area contributed by atoms with E-state index in [1.807, 2.05) is 26.0 Å². The van der Waals surface area contributed by atoms with Gasteiger partial charge in [0, 0.05) is 12.5 Å². The van der Waals surface area contributed by atoms with Crippen molar-refractivity contribution in [3.8, 4) is 0 Å². The summed E-state index contributed by atoms with van der Waals surface area (Å²) in [5.74, 6) is 0.0350. The van der Waals surface area contributed by atoms with Crippen LogP contribution in [-0.4, -0.2) is 12.5 Å². The molecule has 0 aromatic rings. The van der Waals surface area contributed by atoms with E-state index in [1.54, 1.807) is 6.08 Å². The van der Waals surface area contributed by atoms with Crippen molar-refractivity contribution in [1.82, 2.24) is 5.32 Å². The number of amides is 1. The van der Waals surface area contributed by atoms with Gasteiger partial charge in [0.25, 0.3) is 0 Å². The zero-order valence-electron chi connectivity index (χ0n) is 16.3. The highest BCUT2D eigenvalue weighted by Crippen LogP contribution is 2.39. The second-order valence-corrected chi connectivity index (χ2v) is 8.54. The Kier molecular flexibility index (Phi) is 7.76. The van der Waals surface area contributed by atoms with Gasteiger partial charge in [0.1, 0.15) is 0 Å². The molecule has 0 radical (unpaired) electrons. The van der Waals surface area contributed by atoms with Gasteiger partial charge in [-0.2, -0.15) is 0 Å². The summed E-state index contributed by atoms with van der Waals surface area (Å²) < 4.78 is 0. The van der Waals surface area contributed by atoms with Gasteiger partial charge in [0.05, 0.1) is 0 Å². The van der Waals surface area contributed by atoms with Gasteiger partial charge in [0.2, 0.25) is 5.91 Å². The molecule has 0 saturated heterocycles. The summed E-state index contributed by atoms with van der Waals surface area (Å²) >= 11 is 0. The molecule has 0 atom stereocenters. The summed E-state index contributed by atoms with van der Waals surface area (Å²) in [6.45, 7) is 24.9. The topological polar surface area (TPSA) is 29.1 Å². The van der Waals surface area contributed by atoms with Crippen LogP contribution in [0.15, 0.2) is 48.1 Å². The quantitative estimate of drug-likeness (QED) is 0.649. The van der Waals surface area contributed by atoms with Crippen molar-refractivity contribution < 1.29 is 4.79 Å². The monoisotopic (exact) mass is 317 g/mol. The summed E-state index contributed by atoms with van der Waals surface area (Å²) in [6, 6.07) is 0. The Morgan fingerprint density at radius 1 is 1.04 bits per heavy atom. The van der Waals surface area contributed by atoms with E-state index in [0.717, 1.165) is 16.7 Å². The highest BCUT2D eigenvalue weighted by Gasteiger charge is 2.40. The zero-order chi connectivity index (χ0) is 18.4. The fourth-order valence-electron chi connectivity index (χ4n) is 3.19. The van der Waals surface area contributed by atoms with E-state index in [9.17, 15) is 4.79 Å². The van der Waals surface area contributed by atoms with Crippen molar-refractivity contribution >= 4 is 5.91 Å². The maximum absolute atomic E-state index is 12.8. The predicted molar refractivity (Wildman–Crippen MR) is 102 cm³/mol. The smallest absolute Gasteiger partial charge is 0.224 e. The Labute approximate surface area is 143 Å². The van der Waals surface area contributed by atoms with Crippen molar-refractivity contribution in [1.29, 1.82) is 0 Å². The van der Waals surface area contributed by atoms with Crippen molar-refractivity contribution in [2.75, 3.05) is 6.54 Å². The number of rotatable bonds is 6. The highest BCUT2D eigenvalue weighted by atomic mass is 16.1. The first-order chi connectivity index (χ1) is 10.3. The van der Waals surface area contributed by atoms with Crippen LogP contribution in [0.3, 0.4) is 0 Å². The Hall–Kier alpha value is -1.57. The highest BCUT2D eigenvalue weighted by molar-refractivity contribution is 5.80. The molecule has 2 heteroatoms. The lowest BCUT2D eigenvalue weighted by atomic mass is 9.66. The van der Waals surface area contributed by atoms with Crippen LogP contribution >= 0.6 is 0 Å². The van der Waals surface area contributed by atoms with Crippen LogP contribution in [0.5, 0.6) is 0 Å². The van der Waals surface area contributed by atoms with E-state index < -0.39 is 0 Å². The van der Waals surface area contributed by atoms with Crippen LogP contribution in [0.4, 0.5) is 0 Å². The molecule has 0 aliphatic heterocycles. The van der Waals surface area contributed by atoms with E-state index in [-0.39, 0.29) is 22.7 Å². The molecule has 130 valence electrons. The number of hydrogen-bond donors (Lipinski definition) is 1. The lowest BCUT2D eigenvalue weighted by Crippen LogP contribution is -2.45. The van der Waals surface area contributed by atoms with E-state index in [4.69, 9.17) is 0 Å². The molecule has 0 heterocycles. The number of hydrogen-bond acceptors (Lipinski definition) is 1. The minimum absolute atomic E-state index is 0.0643. The molecule has 1 amide bonds. The molecule has 0 spiro atoms. The molecule has 0 unspecified atom stereocenters. The third-order valence-corrected chi connectivity index (χ3v) is 3.63. The Morgan fingerprint density at radius 2 is 1.52 bits per heavy atom. The van der Waals surface area contributed by atoms with Gasteiger partial charge in [-0.25, -0.2) is 0 Å². The second-order valence-electron chi connectivity index (χ2n) is 8.54. The maximum atomic E-state index is 12.8. The summed E-state index contributed by atoms with van der Waals surface area (Å²) in [5.41, 5.74) is 2.88. The maximum Gasteiger partial charge on any atom is 0.224 e. The molecule has 0 saturated carbocycles. The summed E-state index contributed by atoms with van der Waals surface area (Å²) in [7, 11) is 0. The van der Waals surface area contributed by atoms with Crippen LogP contribution < -0.4 is 5.32 Å². The molecule has 0 aliphatic rings. The standard InChI is InChI=1S/C21H35NO/c1-11-16(4)13-17(12-15(2)3)14-22-19(23)18(20(5,6)7)21(8,9)10/h11-13,18H,1-2,14H2,3-10H3,(H,22,23)/b16-13-,17-12+. The minimum atomic E-state index is -0.0898. The minimum Gasteiger partial charge on any atom is -0.352 e. The molecule has 1 N–H and O–H groups in total. The first kappa shape index (κ1) is 21.4. The Balaban J connectivity index is 5.27. The first-order valence-corrected chi connectivity index (χ1v) is 8.23. The van der Waals surface area contributed by atoms with Gasteiger partial charge >= 0.3 is 0 Å². The molecule has 0 aromatic heterocycles. The predicted octanol–water partition coefficient (Wildman–Crippen LogP) is 5.45. The van der Waals surface area contributed by atoms with Gasteiger partial charge in [-0.15, -0.1) is 0 Å². The van der Waals surface area contributed by atoms with Crippen LogP contribution in [-0.2, 0) is 4.79 Å². The lowest BCUT2D eigenvalue weighted by Gasteiger charge is -2.39. The molecule has 23 heavy (non-hydrogen) atoms. The molecular weight excluding hydrogens is 282 g/mol. The van der Waals surface area contributed by atoms with Gasteiger partial charge < -0.3 is 5.32 Å². The van der Waals surface area contributed by atoms with E-state index >= 15 is 0 Å². The van der Waals surface area contributed by atoms with Gasteiger partial charge in [0.15, 0.2) is 0 Å². The molecule has 0 bridgehead atoms. The number of nitrogens with one attached hydrogen (secondary N) is 1. The average Bonchev–Trinajstić information content (AvgIpc) is 2.31. The average molecular weight is 318 g/mol. The molecule has 0 rings (SSSR count). The van der Waals surface area contributed by atoms with Gasteiger partial charge in [-0.1, -0.05) is 84.1 Å². The fraction of sp³-hybridized carbons (Fsp3) is 0.571. The van der Waals surface area contributed by atoms with Crippen molar-refractivity contribution in [2.45, 2.75) is 55.4 Å². The molecule has 0 fully saturated rings. The summed E-state index contributed by atoms with van der Waals surface area (Å²) in [5, 5.41) is 3.10. The van der Waals surface area contributed by atoms with E-state index in [1.165, 1.54) is 0 Å². The van der Waals surface area contributed by atoms with Gasteiger partial charge in [-0.3, -0.25) is 4.79 Å². The first-order valence-electron chi connectivity index (χ1n) is 8.23. The lowest BCUT2D eigenvalue weighted by molar-refractivity contribution is -0.132. The number of allylic oxidation sites excluding steroid dienone is 4. The van der Waals surface area contributed by atoms with Crippen LogP contribution in [0.25, 0.3) is 0 Å². The van der Waals surface area contributed by atoms with Crippen molar-refractivity contribution in [3.63, 3.8) is 0 Å². The molecule has 0 aliphatic carbocycles. The largest absolute Gasteiger partial charge is 0.352 e. The SMILES string of the molecule is C=C/C(C)=C\C(=C/C(=C)C)CNC(=O)C(C(C)(C)C)C(C)(C)C. The molecule has 0 aromatic carbocycles. The third-order valence-electron chi connectivity index (χ3n) is 3.63. The van der Waals surface area contributed by atoms with E-state index in [2.05, 4.69) is 60.0 Å². The second kappa shape index (κ2) is 8.33. The number of carbonyl (C=O) groups excluding carboxylic acids is 1. The normalized spacial score (nSPS) is 14.0. The summed E-state index contributed by atoms with van der Waals surface area (Å²) in [4.78, 5) is 12.8. The van der Waals surface area contributed by atoms with E-state index in [0.29, 0.717) is 6.54 Å². The van der Waals surface area contributed by atoms with Crippen molar-refractivity contribution in [3.05, 3.63) is 48.1 Å². The molecule has 2 nitrogen and oxygen atoms in total. The van der Waals surface area contributed by atoms with Crippen molar-refractivity contribution in [2.24, 2.45) is 16.7 Å². The number of carbonyl (C=O) groups is 1. The zero-order valence-corrected chi connectivity index (χ0v) is 16.3. The summed E-state index contributed by atoms with van der Waals surface area (Å²) in [6.07, 6.45) is 5.84.